The van der Waals surface area contributed by atoms with Gasteiger partial charge in [0.25, 0.3) is 0 Å². The van der Waals surface area contributed by atoms with Crippen LogP contribution in [0.15, 0.2) is 0 Å². The van der Waals surface area contributed by atoms with Crippen LogP contribution >= 0.6 is 7.60 Å². The molecule has 0 aliphatic carbocycles. The zero-order valence-electron chi connectivity index (χ0n) is 71.4. The first-order chi connectivity index (χ1) is 51.8. The highest BCUT2D eigenvalue weighted by Crippen LogP contribution is 2.45. The number of hydrogen-bond acceptors (Lipinski definition) is 25. The molecule has 2 fully saturated rings. The Morgan fingerprint density at radius 1 is 0.469 bits per heavy atom. The van der Waals surface area contributed by atoms with Crippen molar-refractivity contribution in [3.05, 3.63) is 0 Å². The first-order valence-electron chi connectivity index (χ1n) is 39.6. The highest BCUT2D eigenvalue weighted by Gasteiger charge is 2.49. The van der Waals surface area contributed by atoms with E-state index in [1.165, 1.54) is 27.7 Å². The van der Waals surface area contributed by atoms with E-state index in [2.05, 4.69) is 42.5 Å². The van der Waals surface area contributed by atoms with E-state index < -0.39 is 210 Å². The van der Waals surface area contributed by atoms with E-state index in [1.807, 2.05) is 111 Å². The van der Waals surface area contributed by atoms with Crippen molar-refractivity contribution in [2.24, 2.45) is 43.3 Å². The van der Waals surface area contributed by atoms with Crippen molar-refractivity contribution >= 4 is 54.9 Å². The van der Waals surface area contributed by atoms with Gasteiger partial charge in [-0.05, 0) is 102 Å². The number of rotatable bonds is 54. The number of amides is 8. The maximum atomic E-state index is 14.6. The van der Waals surface area contributed by atoms with Gasteiger partial charge in [-0.15, -0.1) is 0 Å². The minimum absolute atomic E-state index is 0.00629. The molecular weight excluding hydrogens is 1500 g/mol. The molecule has 0 aromatic carbocycles. The monoisotopic (exact) mass is 1640 g/mol. The predicted octanol–water partition coefficient (Wildman–Crippen LogP) is 2.33. The lowest BCUT2D eigenvalue weighted by atomic mass is 9.75. The standard InChI is InChI=1S/C78H147N8O26P/c1-22-113(104,105)109-47-77(20,21)39-73(12,13)40-79-56(95)24-23-25-60(99)86-78(29-26-57(96)80-41-70(6,7)36-74(14,15)44-106-67(52(32-87)83-49(3)92)110-53(33-88)48(2)91,30-27-58(97)81-42-71(8,9)37-75(16,17)45-107-68-61(84-50(4)93)65(102)63(100)54(34-89)111-68)31-28-59(98)82-43-72(10,11)38-76(18,19)46-108-69-62(85-51(5)94)66(103)64(101)55(35-90)112-69/h48,52-55,61-69,87-91,100-103H,22-47H2,1-21H3,(H,79,95)(H,80,96)(H,81,97)(H,82,98)(H,83,92)(H,84,93)(H,85,94)(H,86,99)(H,104,105)/t48-,52+,53?,54?,55?,61?,62?,63?,64?,65?,66?,67?,68?,69?,78?/m1/s1. The molecular formula is C78H147N8O26P. The number of aliphatic hydroxyl groups excluding tert-OH is 9. The highest BCUT2D eigenvalue weighted by molar-refractivity contribution is 7.52. The molecule has 13 unspecified atom stereocenters. The van der Waals surface area contributed by atoms with Crippen LogP contribution in [0.2, 0.25) is 0 Å². The zero-order valence-corrected chi connectivity index (χ0v) is 72.3. The minimum Gasteiger partial charge on any atom is -0.394 e. The summed E-state index contributed by atoms with van der Waals surface area (Å²) in [5.41, 5.74) is -6.32. The quantitative estimate of drug-likeness (QED) is 0.0307. The van der Waals surface area contributed by atoms with Crippen LogP contribution in [0, 0.1) is 43.3 Å². The summed E-state index contributed by atoms with van der Waals surface area (Å²) in [4.78, 5) is 118. The van der Waals surface area contributed by atoms with E-state index in [4.69, 9.17) is 32.9 Å². The molecule has 2 rings (SSSR count). The Morgan fingerprint density at radius 2 is 0.814 bits per heavy atom. The first-order valence-corrected chi connectivity index (χ1v) is 41.4. The van der Waals surface area contributed by atoms with E-state index in [1.54, 1.807) is 6.92 Å². The van der Waals surface area contributed by atoms with E-state index in [-0.39, 0.29) is 122 Å². The summed E-state index contributed by atoms with van der Waals surface area (Å²) in [6.07, 6.45) is -13.8. The molecule has 0 radical (unpaired) electrons. The van der Waals surface area contributed by atoms with E-state index in [0.29, 0.717) is 25.7 Å². The van der Waals surface area contributed by atoms with Crippen LogP contribution < -0.4 is 42.5 Å². The van der Waals surface area contributed by atoms with E-state index >= 15 is 0 Å². The van der Waals surface area contributed by atoms with Gasteiger partial charge in [0.1, 0.15) is 60.9 Å². The van der Waals surface area contributed by atoms with Gasteiger partial charge >= 0.3 is 7.60 Å². The molecule has 0 spiro atoms. The average Bonchev–Trinajstić information content (AvgIpc) is 0.803. The maximum Gasteiger partial charge on any atom is 0.327 e. The normalized spacial score (nSPS) is 23.1. The summed E-state index contributed by atoms with van der Waals surface area (Å²) >= 11 is 0. The van der Waals surface area contributed by atoms with Gasteiger partial charge in [-0.25, -0.2) is 0 Å². The lowest BCUT2D eigenvalue weighted by Crippen LogP contribution is -2.64. The second-order valence-corrected chi connectivity index (χ2v) is 40.0. The Morgan fingerprint density at radius 3 is 1.13 bits per heavy atom. The van der Waals surface area contributed by atoms with Gasteiger partial charge < -0.3 is 126 Å². The fraction of sp³-hybridized carbons (Fsp3) is 0.897. The molecule has 0 saturated carbocycles. The SMILES string of the molecule is CCP(=O)(O)OCC(C)(C)CC(C)(C)CNC(=O)CCCC(=O)NC(CCC(=O)NCC(C)(C)CC(C)(C)COC1OC(CO)C(O)C(O)C1NC(C)=O)(CCC(=O)NCC(C)(C)CC(C)(C)COC1OC(CO)C(O)C(O)C1NC(C)=O)CCC(=O)NCC(C)(C)CC(C)(C)COC(OC(CO)[C@@H](C)O)[C@H](CO)NC(C)=O. The summed E-state index contributed by atoms with van der Waals surface area (Å²) in [5, 5.41) is 116. The summed E-state index contributed by atoms with van der Waals surface area (Å²) in [5.74, 6) is -3.67. The maximum absolute atomic E-state index is 14.6. The van der Waals surface area contributed by atoms with Crippen LogP contribution in [0.1, 0.15) is 229 Å². The van der Waals surface area contributed by atoms with Gasteiger partial charge in [-0.2, -0.15) is 0 Å². The van der Waals surface area contributed by atoms with Crippen molar-refractivity contribution in [1.82, 2.24) is 42.5 Å². The van der Waals surface area contributed by atoms with Gasteiger partial charge in [-0.1, -0.05) is 118 Å². The first kappa shape index (κ1) is 104. The lowest BCUT2D eigenvalue weighted by Gasteiger charge is -2.43. The van der Waals surface area contributed by atoms with Crippen LogP contribution in [0.25, 0.3) is 0 Å². The number of aliphatic hydroxyl groups is 9. The molecule has 2 heterocycles. The smallest absolute Gasteiger partial charge is 0.327 e. The zero-order chi connectivity index (χ0) is 86.7. The third-order valence-corrected chi connectivity index (χ3v) is 21.3. The van der Waals surface area contributed by atoms with Crippen molar-refractivity contribution < 1.29 is 127 Å². The highest BCUT2D eigenvalue weighted by atomic mass is 31.2. The van der Waals surface area contributed by atoms with Gasteiger partial charge in [0.05, 0.1) is 59.0 Å². The average molecular weight is 1640 g/mol. The van der Waals surface area contributed by atoms with E-state index in [0.717, 1.165) is 0 Å². The Balaban J connectivity index is 2.61. The number of ether oxygens (including phenoxy) is 6. The van der Waals surface area contributed by atoms with Crippen molar-refractivity contribution in [3.63, 3.8) is 0 Å². The topological polar surface area (TPSA) is 517 Å². The molecule has 2 aliphatic rings. The second-order valence-electron chi connectivity index (χ2n) is 37.8. The van der Waals surface area contributed by atoms with Crippen molar-refractivity contribution in [2.45, 2.75) is 320 Å². The Kier molecular flexibility index (Phi) is 42.5. The molecule has 18 N–H and O–H groups in total. The number of hydrogen-bond donors (Lipinski definition) is 18. The van der Waals surface area contributed by atoms with Crippen LogP contribution in [-0.4, -0.2) is 275 Å². The van der Waals surface area contributed by atoms with E-state index in [9.17, 15) is 93.8 Å². The van der Waals surface area contributed by atoms with Crippen molar-refractivity contribution in [3.8, 4) is 0 Å². The molecule has 660 valence electrons. The number of carbonyl (C=O) groups excluding carboxylic acids is 8. The molecule has 0 aromatic heterocycles. The fourth-order valence-electron chi connectivity index (χ4n) is 15.4. The predicted molar refractivity (Wildman–Crippen MR) is 420 cm³/mol. The van der Waals surface area contributed by atoms with Crippen molar-refractivity contribution in [2.75, 3.05) is 85.2 Å². The fourth-order valence-corrected chi connectivity index (χ4v) is 16.2. The largest absolute Gasteiger partial charge is 0.394 e. The summed E-state index contributed by atoms with van der Waals surface area (Å²) in [7, 11) is -3.75. The van der Waals surface area contributed by atoms with Gasteiger partial charge in [0.15, 0.2) is 18.9 Å². The van der Waals surface area contributed by atoms with Crippen molar-refractivity contribution in [1.29, 1.82) is 0 Å². The van der Waals surface area contributed by atoms with Crippen LogP contribution in [0.5, 0.6) is 0 Å². The summed E-state index contributed by atoms with van der Waals surface area (Å²) in [6.45, 7) is 35.6. The molecule has 35 heteroatoms. The molecule has 8 amide bonds. The van der Waals surface area contributed by atoms with Gasteiger partial charge in [0, 0.05) is 90.8 Å². The third-order valence-electron chi connectivity index (χ3n) is 20.0. The second kappa shape index (κ2) is 46.0. The third kappa shape index (κ3) is 40.1. The molecule has 0 aromatic rings. The Bertz CT molecular complexity index is 2930. The molecule has 2 aliphatic heterocycles. The molecule has 15 atom stereocenters. The Labute approximate surface area is 670 Å². The Hall–Kier alpha value is -4.69. The van der Waals surface area contributed by atoms with Gasteiger partial charge in [-0.3, -0.25) is 42.9 Å². The minimum atomic E-state index is -3.75. The summed E-state index contributed by atoms with van der Waals surface area (Å²) in [6, 6.07) is -3.40. The molecule has 34 nitrogen and oxygen atoms in total. The van der Waals surface area contributed by atoms with Gasteiger partial charge in [0.2, 0.25) is 47.3 Å². The van der Waals surface area contributed by atoms with Crippen LogP contribution in [-0.2, 0) is 75.9 Å². The molecule has 113 heavy (non-hydrogen) atoms. The lowest BCUT2D eigenvalue weighted by molar-refractivity contribution is -0.276. The van der Waals surface area contributed by atoms with Crippen LogP contribution in [0.3, 0.4) is 0 Å². The summed E-state index contributed by atoms with van der Waals surface area (Å²) < 4.78 is 53.7. The van der Waals surface area contributed by atoms with Crippen LogP contribution in [0.4, 0.5) is 0 Å². The molecule has 0 bridgehead atoms. The number of nitrogens with one attached hydrogen (secondary N) is 8. The number of carbonyl (C=O) groups is 8. The molecule has 2 saturated heterocycles.